The van der Waals surface area contributed by atoms with Crippen LogP contribution >= 0.6 is 0 Å². The molecule has 0 N–H and O–H groups in total. The van der Waals surface area contributed by atoms with Gasteiger partial charge in [-0.1, -0.05) is 13.0 Å². The highest BCUT2D eigenvalue weighted by atomic mass is 16.5. The third kappa shape index (κ3) is 1.16. The second kappa shape index (κ2) is 2.76. The van der Waals surface area contributed by atoms with Crippen LogP contribution in [0.15, 0.2) is 27.5 Å². The van der Waals surface area contributed by atoms with Crippen molar-refractivity contribution in [3.8, 4) is 0 Å². The SMILES string of the molecule is CCc1ccc2c(=O)n(C)oc2c1. The summed E-state index contributed by atoms with van der Waals surface area (Å²) in [6.07, 6.45) is 0.953. The summed E-state index contributed by atoms with van der Waals surface area (Å²) in [5.41, 5.74) is 1.78. The standard InChI is InChI=1S/C10H11NO2/c1-3-7-4-5-8-9(6-7)13-11(2)10(8)12/h4-6H,3H2,1-2H3. The Morgan fingerprint density at radius 3 is 2.92 bits per heavy atom. The zero-order valence-corrected chi connectivity index (χ0v) is 7.70. The first-order chi connectivity index (χ1) is 6.22. The van der Waals surface area contributed by atoms with Gasteiger partial charge in [0.15, 0.2) is 5.58 Å². The summed E-state index contributed by atoms with van der Waals surface area (Å²) in [6, 6.07) is 5.69. The second-order valence-corrected chi connectivity index (χ2v) is 3.08. The van der Waals surface area contributed by atoms with Gasteiger partial charge in [-0.2, -0.15) is 4.74 Å². The van der Waals surface area contributed by atoms with Crippen molar-refractivity contribution in [1.82, 2.24) is 4.74 Å². The van der Waals surface area contributed by atoms with Crippen LogP contribution in [0.25, 0.3) is 11.0 Å². The van der Waals surface area contributed by atoms with Gasteiger partial charge in [-0.25, -0.2) is 0 Å². The van der Waals surface area contributed by atoms with E-state index in [4.69, 9.17) is 4.52 Å². The van der Waals surface area contributed by atoms with E-state index in [1.54, 1.807) is 7.05 Å². The van der Waals surface area contributed by atoms with Crippen LogP contribution in [0.3, 0.4) is 0 Å². The minimum Gasteiger partial charge on any atom is -0.376 e. The van der Waals surface area contributed by atoms with Crippen molar-refractivity contribution in [3.05, 3.63) is 34.1 Å². The smallest absolute Gasteiger partial charge is 0.290 e. The fourth-order valence-corrected chi connectivity index (χ4v) is 1.40. The Morgan fingerprint density at radius 2 is 2.23 bits per heavy atom. The fourth-order valence-electron chi connectivity index (χ4n) is 1.40. The van der Waals surface area contributed by atoms with Gasteiger partial charge >= 0.3 is 0 Å². The molecule has 0 spiro atoms. The van der Waals surface area contributed by atoms with Gasteiger partial charge in [0, 0.05) is 7.05 Å². The maximum absolute atomic E-state index is 11.4. The molecule has 0 saturated carbocycles. The van der Waals surface area contributed by atoms with Crippen molar-refractivity contribution in [2.24, 2.45) is 7.05 Å². The third-order valence-corrected chi connectivity index (χ3v) is 2.21. The molecule has 68 valence electrons. The molecule has 3 nitrogen and oxygen atoms in total. The van der Waals surface area contributed by atoms with Crippen molar-refractivity contribution in [1.29, 1.82) is 0 Å². The van der Waals surface area contributed by atoms with Gasteiger partial charge in [0.05, 0.1) is 5.39 Å². The number of aromatic nitrogens is 1. The number of hydrogen-bond donors (Lipinski definition) is 0. The van der Waals surface area contributed by atoms with Crippen LogP contribution in [0, 0.1) is 0 Å². The molecule has 0 fully saturated rings. The molecule has 0 amide bonds. The van der Waals surface area contributed by atoms with Gasteiger partial charge in [0.25, 0.3) is 5.56 Å². The molecule has 1 heterocycles. The molecule has 0 aliphatic rings. The van der Waals surface area contributed by atoms with Crippen molar-refractivity contribution >= 4 is 11.0 Å². The van der Waals surface area contributed by atoms with E-state index in [0.717, 1.165) is 6.42 Å². The van der Waals surface area contributed by atoms with E-state index in [1.807, 2.05) is 18.2 Å². The van der Waals surface area contributed by atoms with Crippen LogP contribution in [0.4, 0.5) is 0 Å². The van der Waals surface area contributed by atoms with Crippen LogP contribution < -0.4 is 5.56 Å². The van der Waals surface area contributed by atoms with Crippen molar-refractivity contribution in [3.63, 3.8) is 0 Å². The molecule has 2 aromatic rings. The summed E-state index contributed by atoms with van der Waals surface area (Å²) in [4.78, 5) is 11.4. The molecule has 0 saturated heterocycles. The molecule has 13 heavy (non-hydrogen) atoms. The number of fused-ring (bicyclic) bond motifs is 1. The molecule has 0 unspecified atom stereocenters. The molecule has 0 radical (unpaired) electrons. The van der Waals surface area contributed by atoms with Gasteiger partial charge < -0.3 is 4.52 Å². The summed E-state index contributed by atoms with van der Waals surface area (Å²) in [5, 5.41) is 0.653. The van der Waals surface area contributed by atoms with E-state index in [9.17, 15) is 4.79 Å². The lowest BCUT2D eigenvalue weighted by Crippen LogP contribution is -2.08. The second-order valence-electron chi connectivity index (χ2n) is 3.08. The maximum atomic E-state index is 11.4. The molecule has 0 atom stereocenters. The third-order valence-electron chi connectivity index (χ3n) is 2.21. The zero-order valence-electron chi connectivity index (χ0n) is 7.70. The molecular formula is C10H11NO2. The average Bonchev–Trinajstić information content (AvgIpc) is 2.42. The first kappa shape index (κ1) is 8.10. The maximum Gasteiger partial charge on any atom is 0.290 e. The van der Waals surface area contributed by atoms with Crippen molar-refractivity contribution in [2.45, 2.75) is 13.3 Å². The molecule has 2 rings (SSSR count). The molecule has 0 aliphatic carbocycles. The largest absolute Gasteiger partial charge is 0.376 e. The Bertz CT molecular complexity index is 493. The summed E-state index contributed by atoms with van der Waals surface area (Å²) < 4.78 is 6.50. The highest BCUT2D eigenvalue weighted by Gasteiger charge is 2.05. The van der Waals surface area contributed by atoms with E-state index >= 15 is 0 Å². The average molecular weight is 177 g/mol. The summed E-state index contributed by atoms with van der Waals surface area (Å²) >= 11 is 0. The molecule has 0 bridgehead atoms. The molecule has 1 aromatic carbocycles. The summed E-state index contributed by atoms with van der Waals surface area (Å²) in [7, 11) is 1.62. The Balaban J connectivity index is 2.80. The molecule has 1 aromatic heterocycles. The summed E-state index contributed by atoms with van der Waals surface area (Å²) in [6.45, 7) is 2.07. The first-order valence-electron chi connectivity index (χ1n) is 4.31. The molecular weight excluding hydrogens is 166 g/mol. The molecule has 3 heteroatoms. The van der Waals surface area contributed by atoms with Gasteiger partial charge in [-0.3, -0.25) is 4.79 Å². The Kier molecular flexibility index (Phi) is 1.72. The van der Waals surface area contributed by atoms with Crippen LogP contribution in [0.5, 0.6) is 0 Å². The van der Waals surface area contributed by atoms with E-state index in [-0.39, 0.29) is 5.56 Å². The first-order valence-corrected chi connectivity index (χ1v) is 4.31. The van der Waals surface area contributed by atoms with Crippen molar-refractivity contribution < 1.29 is 4.52 Å². The number of aryl methyl sites for hydroxylation is 2. The molecule has 0 aliphatic heterocycles. The highest BCUT2D eigenvalue weighted by molar-refractivity contribution is 5.76. The van der Waals surface area contributed by atoms with E-state index in [0.29, 0.717) is 11.0 Å². The minimum atomic E-state index is -0.0716. The lowest BCUT2D eigenvalue weighted by Gasteiger charge is -1.92. The van der Waals surface area contributed by atoms with Gasteiger partial charge in [0.1, 0.15) is 0 Å². The highest BCUT2D eigenvalue weighted by Crippen LogP contribution is 2.13. The van der Waals surface area contributed by atoms with Crippen LogP contribution in [-0.4, -0.2) is 4.74 Å². The normalized spacial score (nSPS) is 10.9. The zero-order chi connectivity index (χ0) is 9.42. The number of hydrogen-bond acceptors (Lipinski definition) is 2. The predicted octanol–water partition coefficient (Wildman–Crippen LogP) is 1.69. The van der Waals surface area contributed by atoms with Gasteiger partial charge in [0.2, 0.25) is 0 Å². The fraction of sp³-hybridized carbons (Fsp3) is 0.300. The Morgan fingerprint density at radius 1 is 1.46 bits per heavy atom. The predicted molar refractivity (Wildman–Crippen MR) is 50.8 cm³/mol. The lowest BCUT2D eigenvalue weighted by atomic mass is 10.1. The number of benzene rings is 1. The van der Waals surface area contributed by atoms with E-state index in [2.05, 4.69) is 6.92 Å². The quantitative estimate of drug-likeness (QED) is 0.664. The van der Waals surface area contributed by atoms with Crippen LogP contribution in [-0.2, 0) is 13.5 Å². The van der Waals surface area contributed by atoms with Crippen LogP contribution in [0.1, 0.15) is 12.5 Å². The van der Waals surface area contributed by atoms with Crippen molar-refractivity contribution in [2.75, 3.05) is 0 Å². The Hall–Kier alpha value is -1.51. The van der Waals surface area contributed by atoms with Crippen LogP contribution in [0.2, 0.25) is 0 Å². The number of rotatable bonds is 1. The van der Waals surface area contributed by atoms with E-state index < -0.39 is 0 Å². The van der Waals surface area contributed by atoms with E-state index in [1.165, 1.54) is 10.3 Å². The van der Waals surface area contributed by atoms with Gasteiger partial charge in [-0.15, -0.1) is 0 Å². The lowest BCUT2D eigenvalue weighted by molar-refractivity contribution is 0.324. The van der Waals surface area contributed by atoms with Gasteiger partial charge in [-0.05, 0) is 24.1 Å². The minimum absolute atomic E-state index is 0.0716. The summed E-state index contributed by atoms with van der Waals surface area (Å²) in [5.74, 6) is 0. The Labute approximate surface area is 75.5 Å². The topological polar surface area (TPSA) is 35.1 Å². The monoisotopic (exact) mass is 177 g/mol. The number of nitrogens with zero attached hydrogens (tertiary/aromatic N) is 1.